The molecule has 7 nitrogen and oxygen atoms in total. The molecule has 9 heteroatoms. The lowest BCUT2D eigenvalue weighted by Crippen LogP contribution is -2.56. The lowest BCUT2D eigenvalue weighted by atomic mass is 10.0. The number of sulfonamides is 1. The minimum Gasteiger partial charge on any atom is -0.350 e. The van der Waals surface area contributed by atoms with Crippen LogP contribution in [0.15, 0.2) is 108 Å². The first-order valence-electron chi connectivity index (χ1n) is 14.8. The Balaban J connectivity index is 1.81. The van der Waals surface area contributed by atoms with Crippen LogP contribution in [-0.2, 0) is 32.6 Å². The lowest BCUT2D eigenvalue weighted by molar-refractivity contribution is -0.140. The number of benzene rings is 4. The van der Waals surface area contributed by atoms with Crippen LogP contribution in [0.5, 0.6) is 0 Å². The van der Waals surface area contributed by atoms with Crippen LogP contribution in [0, 0.1) is 13.8 Å². The van der Waals surface area contributed by atoms with Crippen LogP contribution in [0.3, 0.4) is 0 Å². The van der Waals surface area contributed by atoms with Gasteiger partial charge < -0.3 is 10.2 Å². The predicted octanol–water partition coefficient (Wildman–Crippen LogP) is 6.71. The van der Waals surface area contributed by atoms with Crippen molar-refractivity contribution < 1.29 is 18.0 Å². The van der Waals surface area contributed by atoms with Gasteiger partial charge in [0.25, 0.3) is 10.0 Å². The molecule has 1 N–H and O–H groups in total. The second-order valence-corrected chi connectivity index (χ2v) is 14.6. The number of anilines is 1. The van der Waals surface area contributed by atoms with E-state index in [4.69, 9.17) is 11.6 Å². The molecule has 0 radical (unpaired) electrons. The molecule has 45 heavy (non-hydrogen) atoms. The predicted molar refractivity (Wildman–Crippen MR) is 181 cm³/mol. The summed E-state index contributed by atoms with van der Waals surface area (Å²) in [6, 6.07) is 29.1. The number of carbonyl (C=O) groups excluding carboxylic acids is 2. The number of aryl methyl sites for hydroxylation is 2. The molecule has 0 heterocycles. The SMILES string of the molecule is Cc1ccc(N(CC(=O)N(Cc2ccc(Cl)cc2)C(Cc2ccccc2)C(=O)NC(C)(C)C)S(=O)(=O)c2ccc(C)cc2)cc1. The molecular formula is C36H40ClN3O4S. The van der Waals surface area contributed by atoms with Gasteiger partial charge in [-0.1, -0.05) is 89.5 Å². The molecule has 4 aromatic rings. The first-order valence-corrected chi connectivity index (χ1v) is 16.6. The summed E-state index contributed by atoms with van der Waals surface area (Å²) >= 11 is 6.15. The number of hydrogen-bond donors (Lipinski definition) is 1. The van der Waals surface area contributed by atoms with Crippen molar-refractivity contribution in [3.8, 4) is 0 Å². The van der Waals surface area contributed by atoms with Gasteiger partial charge in [0.15, 0.2) is 0 Å². The first-order chi connectivity index (χ1) is 21.2. The highest BCUT2D eigenvalue weighted by Crippen LogP contribution is 2.26. The highest BCUT2D eigenvalue weighted by atomic mass is 35.5. The summed E-state index contributed by atoms with van der Waals surface area (Å²) in [5.41, 5.74) is 3.25. The lowest BCUT2D eigenvalue weighted by Gasteiger charge is -2.35. The number of halogens is 1. The van der Waals surface area contributed by atoms with Crippen molar-refractivity contribution in [2.75, 3.05) is 10.8 Å². The summed E-state index contributed by atoms with van der Waals surface area (Å²) in [4.78, 5) is 30.0. The van der Waals surface area contributed by atoms with Gasteiger partial charge in [-0.2, -0.15) is 0 Å². The van der Waals surface area contributed by atoms with E-state index in [1.165, 1.54) is 17.0 Å². The molecule has 0 spiro atoms. The van der Waals surface area contributed by atoms with E-state index in [-0.39, 0.29) is 23.8 Å². The van der Waals surface area contributed by atoms with Gasteiger partial charge in [-0.25, -0.2) is 8.42 Å². The van der Waals surface area contributed by atoms with Crippen LogP contribution in [0.25, 0.3) is 0 Å². The Morgan fingerprint density at radius 3 is 1.89 bits per heavy atom. The number of amides is 2. The minimum atomic E-state index is -4.16. The highest BCUT2D eigenvalue weighted by molar-refractivity contribution is 7.92. The van der Waals surface area contributed by atoms with Gasteiger partial charge in [-0.3, -0.25) is 13.9 Å². The van der Waals surface area contributed by atoms with E-state index in [0.717, 1.165) is 26.6 Å². The van der Waals surface area contributed by atoms with Gasteiger partial charge in [0.1, 0.15) is 12.6 Å². The molecule has 0 aliphatic rings. The smallest absolute Gasteiger partial charge is 0.264 e. The van der Waals surface area contributed by atoms with E-state index in [1.807, 2.05) is 65.0 Å². The molecule has 1 atom stereocenters. The van der Waals surface area contributed by atoms with Crippen LogP contribution >= 0.6 is 11.6 Å². The molecular weight excluding hydrogens is 606 g/mol. The van der Waals surface area contributed by atoms with E-state index in [1.54, 1.807) is 60.7 Å². The van der Waals surface area contributed by atoms with Crippen LogP contribution in [0.4, 0.5) is 5.69 Å². The highest BCUT2D eigenvalue weighted by Gasteiger charge is 2.35. The third-order valence-electron chi connectivity index (χ3n) is 7.25. The van der Waals surface area contributed by atoms with Crippen molar-refractivity contribution in [1.29, 1.82) is 0 Å². The molecule has 0 saturated heterocycles. The van der Waals surface area contributed by atoms with Crippen molar-refractivity contribution in [3.05, 3.63) is 130 Å². The van der Waals surface area contributed by atoms with Gasteiger partial charge in [-0.05, 0) is 82.1 Å². The number of carbonyl (C=O) groups is 2. The van der Waals surface area contributed by atoms with E-state index < -0.39 is 34.1 Å². The summed E-state index contributed by atoms with van der Waals surface area (Å²) in [6.07, 6.45) is 0.233. The number of hydrogen-bond acceptors (Lipinski definition) is 4. The van der Waals surface area contributed by atoms with Crippen molar-refractivity contribution in [2.24, 2.45) is 0 Å². The number of rotatable bonds is 11. The normalized spacial score (nSPS) is 12.3. The molecule has 1 unspecified atom stereocenters. The van der Waals surface area contributed by atoms with E-state index in [2.05, 4.69) is 5.32 Å². The summed E-state index contributed by atoms with van der Waals surface area (Å²) in [5, 5.41) is 3.58. The molecule has 0 saturated carbocycles. The Morgan fingerprint density at radius 1 is 0.778 bits per heavy atom. The average Bonchev–Trinajstić information content (AvgIpc) is 2.99. The van der Waals surface area contributed by atoms with Gasteiger partial charge in [0.05, 0.1) is 10.6 Å². The molecule has 4 rings (SSSR count). The molecule has 0 aromatic heterocycles. The Kier molecular flexibility index (Phi) is 10.7. The van der Waals surface area contributed by atoms with Gasteiger partial charge in [0, 0.05) is 23.5 Å². The van der Waals surface area contributed by atoms with E-state index >= 15 is 0 Å². The fraction of sp³-hybridized carbons (Fsp3) is 0.278. The molecule has 0 aliphatic heterocycles. The maximum Gasteiger partial charge on any atom is 0.264 e. The molecule has 0 fully saturated rings. The number of nitrogens with zero attached hydrogens (tertiary/aromatic N) is 2. The van der Waals surface area contributed by atoms with Crippen molar-refractivity contribution in [1.82, 2.24) is 10.2 Å². The van der Waals surface area contributed by atoms with Gasteiger partial charge >= 0.3 is 0 Å². The summed E-state index contributed by atoms with van der Waals surface area (Å²) in [6.45, 7) is 8.97. The maximum atomic E-state index is 14.5. The van der Waals surface area contributed by atoms with Crippen molar-refractivity contribution in [2.45, 2.75) is 64.1 Å². The van der Waals surface area contributed by atoms with E-state index in [0.29, 0.717) is 10.7 Å². The largest absolute Gasteiger partial charge is 0.350 e. The third-order valence-corrected chi connectivity index (χ3v) is 9.29. The van der Waals surface area contributed by atoms with Crippen LogP contribution in [0.1, 0.15) is 43.0 Å². The standard InChI is InChI=1S/C36H40ClN3O4S/c1-26-11-19-31(20-12-26)40(45(43,44)32-21-13-27(2)14-22-32)25-34(41)39(24-29-15-17-30(37)18-16-29)33(35(42)38-36(3,4)5)23-28-9-7-6-8-10-28/h6-22,33H,23-25H2,1-5H3,(H,38,42). The third kappa shape index (κ3) is 9.19. The van der Waals surface area contributed by atoms with Crippen LogP contribution in [-0.4, -0.2) is 43.3 Å². The zero-order chi connectivity index (χ0) is 32.8. The molecule has 0 aliphatic carbocycles. The van der Waals surface area contributed by atoms with Crippen LogP contribution in [0.2, 0.25) is 5.02 Å². The number of nitrogens with one attached hydrogen (secondary N) is 1. The molecule has 236 valence electrons. The topological polar surface area (TPSA) is 86.8 Å². The minimum absolute atomic E-state index is 0.0667. The quantitative estimate of drug-likeness (QED) is 0.197. The summed E-state index contributed by atoms with van der Waals surface area (Å²) in [7, 11) is -4.16. The fourth-order valence-corrected chi connectivity index (χ4v) is 6.41. The molecule has 0 bridgehead atoms. The van der Waals surface area contributed by atoms with Gasteiger partial charge in [-0.15, -0.1) is 0 Å². The Bertz CT molecular complexity index is 1700. The van der Waals surface area contributed by atoms with E-state index in [9.17, 15) is 18.0 Å². The summed E-state index contributed by atoms with van der Waals surface area (Å²) in [5.74, 6) is -0.858. The first kappa shape index (κ1) is 33.7. The van der Waals surface area contributed by atoms with Crippen LogP contribution < -0.4 is 9.62 Å². The second-order valence-electron chi connectivity index (χ2n) is 12.3. The fourth-order valence-electron chi connectivity index (χ4n) is 4.87. The zero-order valence-corrected chi connectivity index (χ0v) is 27.9. The average molecular weight is 646 g/mol. The zero-order valence-electron chi connectivity index (χ0n) is 26.3. The Hall–Kier alpha value is -4.14. The monoisotopic (exact) mass is 645 g/mol. The maximum absolute atomic E-state index is 14.5. The van der Waals surface area contributed by atoms with Crippen molar-refractivity contribution >= 4 is 39.1 Å². The summed E-state index contributed by atoms with van der Waals surface area (Å²) < 4.78 is 29.4. The van der Waals surface area contributed by atoms with Gasteiger partial charge in [0.2, 0.25) is 11.8 Å². The molecule has 4 aromatic carbocycles. The second kappa shape index (κ2) is 14.3. The van der Waals surface area contributed by atoms with Crippen molar-refractivity contribution in [3.63, 3.8) is 0 Å². The Morgan fingerprint density at radius 2 is 1.33 bits per heavy atom. The molecule has 2 amide bonds. The Labute approximate surface area is 271 Å².